The normalized spacial score (nSPS) is 23.2. The summed E-state index contributed by atoms with van der Waals surface area (Å²) in [6.07, 6.45) is 8.15. The molecule has 10 nitrogen and oxygen atoms in total. The summed E-state index contributed by atoms with van der Waals surface area (Å²) in [6.45, 7) is 4.66. The molecule has 7 rings (SSSR count). The fraction of sp³-hybridized carbons (Fsp3) is 0.400. The Morgan fingerprint density at radius 2 is 1.59 bits per heavy atom. The molecule has 0 unspecified atom stereocenters. The minimum atomic E-state index is -1.43. The maximum atomic E-state index is 14.7. The van der Waals surface area contributed by atoms with Crippen LogP contribution >= 0.6 is 0 Å². The predicted octanol–water partition coefficient (Wildman–Crippen LogP) is 9.51. The second-order valence-electron chi connectivity index (χ2n) is 16.1. The van der Waals surface area contributed by atoms with Crippen LogP contribution < -0.4 is 9.47 Å². The number of carbonyl (C=O) groups excluding carboxylic acids is 1. The van der Waals surface area contributed by atoms with Crippen molar-refractivity contribution in [3.63, 3.8) is 0 Å². The van der Waals surface area contributed by atoms with E-state index in [1.165, 1.54) is 6.07 Å². The second-order valence-corrected chi connectivity index (χ2v) is 16.1. The van der Waals surface area contributed by atoms with E-state index in [1.807, 2.05) is 78.9 Å². The van der Waals surface area contributed by atoms with Crippen molar-refractivity contribution in [2.24, 2.45) is 22.9 Å². The Kier molecular flexibility index (Phi) is 14.9. The Bertz CT molecular complexity index is 2130. The van der Waals surface area contributed by atoms with Crippen molar-refractivity contribution < 1.29 is 43.2 Å². The quantitative estimate of drug-likeness (QED) is 0.0514. The molecular formula is C50H57FN2O8. The zero-order valence-electron chi connectivity index (χ0n) is 34.9. The third-order valence-electron chi connectivity index (χ3n) is 12.2. The largest absolute Gasteiger partial charge is 0.489 e. The summed E-state index contributed by atoms with van der Waals surface area (Å²) in [7, 11) is 1.71. The van der Waals surface area contributed by atoms with Crippen molar-refractivity contribution in [1.82, 2.24) is 4.90 Å². The summed E-state index contributed by atoms with van der Waals surface area (Å²) < 4.78 is 41.2. The highest BCUT2D eigenvalue weighted by Gasteiger charge is 2.65. The van der Waals surface area contributed by atoms with E-state index < -0.39 is 23.8 Å². The van der Waals surface area contributed by atoms with Gasteiger partial charge in [-0.25, -0.2) is 9.18 Å². The van der Waals surface area contributed by atoms with Gasteiger partial charge in [-0.05, 0) is 78.5 Å². The lowest BCUT2D eigenvalue weighted by atomic mass is 9.55. The summed E-state index contributed by atoms with van der Waals surface area (Å²) >= 11 is 0. The Labute approximate surface area is 358 Å². The Morgan fingerprint density at radius 3 is 2.30 bits per heavy atom. The molecule has 2 aliphatic carbocycles. The van der Waals surface area contributed by atoms with Gasteiger partial charge in [-0.15, -0.1) is 6.58 Å². The molecule has 322 valence electrons. The Morgan fingerprint density at radius 1 is 0.902 bits per heavy atom. The molecule has 61 heavy (non-hydrogen) atoms. The van der Waals surface area contributed by atoms with Gasteiger partial charge in [0, 0.05) is 43.7 Å². The molecule has 2 N–H and O–H groups in total. The molecule has 0 bridgehead atoms. The van der Waals surface area contributed by atoms with Crippen LogP contribution in [-0.4, -0.2) is 65.6 Å². The van der Waals surface area contributed by atoms with Crippen LogP contribution in [0, 0.1) is 23.6 Å². The molecule has 3 aliphatic rings. The van der Waals surface area contributed by atoms with Crippen molar-refractivity contribution in [2.75, 3.05) is 26.9 Å². The van der Waals surface area contributed by atoms with Crippen molar-refractivity contribution >= 4 is 11.8 Å². The predicted molar refractivity (Wildman–Crippen MR) is 231 cm³/mol. The van der Waals surface area contributed by atoms with Crippen molar-refractivity contribution in [2.45, 2.75) is 82.5 Å². The maximum absolute atomic E-state index is 14.7. The molecule has 6 atom stereocenters. The lowest BCUT2D eigenvalue weighted by Crippen LogP contribution is -2.69. The number of aliphatic hydroxyl groups is 2. The average molecular weight is 833 g/mol. The number of rotatable bonds is 20. The average Bonchev–Trinajstić information content (AvgIpc) is 3.29. The first-order valence-corrected chi connectivity index (χ1v) is 21.4. The van der Waals surface area contributed by atoms with E-state index in [4.69, 9.17) is 28.9 Å². The Hall–Kier alpha value is -5.49. The Balaban J connectivity index is 1.37. The summed E-state index contributed by atoms with van der Waals surface area (Å²) in [6, 6.07) is 30.9. The number of fused-ring (bicyclic) bond motifs is 2. The van der Waals surface area contributed by atoms with Gasteiger partial charge in [0.25, 0.3) is 0 Å². The minimum Gasteiger partial charge on any atom is -0.489 e. The number of ether oxygens (including phenoxy) is 4. The van der Waals surface area contributed by atoms with E-state index in [2.05, 4.69) is 12.7 Å². The topological polar surface area (TPSA) is 119 Å². The molecule has 4 aromatic rings. The highest BCUT2D eigenvalue weighted by atomic mass is 19.1. The summed E-state index contributed by atoms with van der Waals surface area (Å²) in [5, 5.41) is 24.7. The van der Waals surface area contributed by atoms with Gasteiger partial charge in [0.15, 0.2) is 0 Å². The number of hydrogen-bond donors (Lipinski definition) is 2. The minimum absolute atomic E-state index is 0.0238. The van der Waals surface area contributed by atoms with E-state index in [0.29, 0.717) is 35.6 Å². The molecule has 1 fully saturated rings. The highest BCUT2D eigenvalue weighted by molar-refractivity contribution is 6.03. The fourth-order valence-corrected chi connectivity index (χ4v) is 9.30. The number of likely N-dealkylation sites (N-methyl/N-ethyl adjacent to an activating group) is 1. The molecule has 1 amide bonds. The van der Waals surface area contributed by atoms with E-state index in [1.54, 1.807) is 36.2 Å². The lowest BCUT2D eigenvalue weighted by molar-refractivity contribution is -0.253. The molecule has 0 radical (unpaired) electrons. The van der Waals surface area contributed by atoms with Gasteiger partial charge in [-0.1, -0.05) is 109 Å². The van der Waals surface area contributed by atoms with E-state index in [0.717, 1.165) is 47.9 Å². The van der Waals surface area contributed by atoms with Crippen LogP contribution in [0.2, 0.25) is 0 Å². The number of oxime groups is 1. The summed E-state index contributed by atoms with van der Waals surface area (Å²) in [5.41, 5.74) is 4.75. The number of unbranched alkanes of at least 4 members (excludes halogenated alkanes) is 2. The van der Waals surface area contributed by atoms with Crippen LogP contribution in [-0.2, 0) is 34.1 Å². The third kappa shape index (κ3) is 10.0. The van der Waals surface area contributed by atoms with Gasteiger partial charge < -0.3 is 38.9 Å². The molecule has 0 spiro atoms. The molecule has 1 saturated carbocycles. The molecule has 0 aromatic heterocycles. The number of nitrogens with zero attached hydrogens (tertiary/aromatic N) is 2. The lowest BCUT2D eigenvalue weighted by Gasteiger charge is -2.59. The van der Waals surface area contributed by atoms with Crippen LogP contribution in [0.15, 0.2) is 133 Å². The van der Waals surface area contributed by atoms with Gasteiger partial charge in [-0.2, -0.15) is 0 Å². The second kappa shape index (κ2) is 20.9. The zero-order chi connectivity index (χ0) is 42.6. The van der Waals surface area contributed by atoms with Crippen molar-refractivity contribution in [1.29, 1.82) is 0 Å². The smallest absolute Gasteiger partial charge is 0.410 e. The molecule has 4 aromatic carbocycles. The first-order chi connectivity index (χ1) is 29.9. The number of allylic oxidation sites excluding steroid dienone is 1. The van der Waals surface area contributed by atoms with Crippen LogP contribution in [0.25, 0.3) is 0 Å². The maximum Gasteiger partial charge on any atom is 0.410 e. The van der Waals surface area contributed by atoms with Gasteiger partial charge in [0.2, 0.25) is 5.79 Å². The molecule has 1 aliphatic heterocycles. The van der Waals surface area contributed by atoms with Gasteiger partial charge in [0.1, 0.15) is 43.2 Å². The van der Waals surface area contributed by atoms with Crippen LogP contribution in [0.5, 0.6) is 11.5 Å². The van der Waals surface area contributed by atoms with Gasteiger partial charge >= 0.3 is 6.09 Å². The van der Waals surface area contributed by atoms with E-state index in [-0.39, 0.29) is 69.6 Å². The first-order valence-electron chi connectivity index (χ1n) is 21.4. The number of hydrogen-bond acceptors (Lipinski definition) is 9. The van der Waals surface area contributed by atoms with Crippen molar-refractivity contribution in [3.8, 4) is 11.5 Å². The van der Waals surface area contributed by atoms with Crippen LogP contribution in [0.4, 0.5) is 9.18 Å². The van der Waals surface area contributed by atoms with Crippen molar-refractivity contribution in [3.05, 3.63) is 156 Å². The monoisotopic (exact) mass is 832 g/mol. The SMILES string of the molecule is C=CCO[C@@]12Oc3ccc(OCc4ccccc4F)cc3[C@H]3[C@H](CCCCO)[C@@H](CCCCO)C=C(C(=NOCc4ccccc4)C[C@@H]1N(C)C(=O)OCc1ccccc1)[C@H]32. The van der Waals surface area contributed by atoms with Gasteiger partial charge in [0.05, 0.1) is 18.2 Å². The summed E-state index contributed by atoms with van der Waals surface area (Å²) in [5.74, 6) is -1.31. The molecule has 11 heteroatoms. The number of carbonyl (C=O) groups is 1. The van der Waals surface area contributed by atoms with Gasteiger partial charge in [-0.3, -0.25) is 0 Å². The van der Waals surface area contributed by atoms with Crippen LogP contribution in [0.3, 0.4) is 0 Å². The molecular weight excluding hydrogens is 776 g/mol. The van der Waals surface area contributed by atoms with Crippen LogP contribution in [0.1, 0.15) is 73.1 Å². The fourth-order valence-electron chi connectivity index (χ4n) is 9.30. The number of amides is 1. The number of benzene rings is 4. The third-order valence-corrected chi connectivity index (χ3v) is 12.2. The number of aliphatic hydroxyl groups excluding tert-OH is 2. The van der Waals surface area contributed by atoms with E-state index in [9.17, 15) is 19.4 Å². The van der Waals surface area contributed by atoms with E-state index >= 15 is 0 Å². The zero-order valence-corrected chi connectivity index (χ0v) is 34.9. The standard InChI is InChI=1S/C50H57FN2O8/c1-3-28-59-50-46(53(2)49(56)58-32-35-16-6-4-7-17-35)31-44(52-60-33-36-18-8-5-9-19-36)41-29-37(20-12-14-26-54)40(22-13-15-27-55)47(48(41)50)42-30-39(24-25-45(42)61-50)57-34-38-21-10-11-23-43(38)51/h3-11,16-19,21,23-25,29-30,37,40,46-48,54-55H,1,12-15,20,22,26-28,31-34H2,2H3/t37-,40+,46-,47+,48+,50+/m0/s1. The molecule has 0 saturated heterocycles. The first kappa shape index (κ1) is 43.6. The molecule has 1 heterocycles. The highest BCUT2D eigenvalue weighted by Crippen LogP contribution is 2.62. The number of halogens is 1. The summed E-state index contributed by atoms with van der Waals surface area (Å²) in [4.78, 5) is 21.9.